The largest absolute Gasteiger partial charge is 0.395 e. The van der Waals surface area contributed by atoms with Crippen molar-refractivity contribution in [2.24, 2.45) is 0 Å². The summed E-state index contributed by atoms with van der Waals surface area (Å²) in [7, 11) is 0. The average Bonchev–Trinajstić information content (AvgIpc) is 2.80. The van der Waals surface area contributed by atoms with Gasteiger partial charge < -0.3 is 9.90 Å². The minimum Gasteiger partial charge on any atom is -0.395 e. The van der Waals surface area contributed by atoms with Gasteiger partial charge in [0.25, 0.3) is 0 Å². The van der Waals surface area contributed by atoms with E-state index in [4.69, 9.17) is 5.11 Å². The van der Waals surface area contributed by atoms with Crippen LogP contribution in [0.3, 0.4) is 0 Å². The Morgan fingerprint density at radius 3 is 2.64 bits per heavy atom. The minimum absolute atomic E-state index is 0.204. The van der Waals surface area contributed by atoms with Gasteiger partial charge in [-0.1, -0.05) is 0 Å². The molecule has 0 radical (unpaired) electrons. The first-order valence-corrected chi connectivity index (χ1v) is 4.17. The lowest BCUT2D eigenvalue weighted by molar-refractivity contribution is -0.108. The maximum Gasteiger partial charge on any atom is 0.121 e. The highest BCUT2D eigenvalue weighted by molar-refractivity contribution is 5.49. The monoisotopic (exact) mass is 157 g/mol. The fourth-order valence-corrected chi connectivity index (χ4v) is 1.26. The van der Waals surface area contributed by atoms with Crippen LogP contribution in [-0.4, -0.2) is 42.0 Å². The molecule has 3 heteroatoms. The third-order valence-corrected chi connectivity index (χ3v) is 1.98. The molecule has 11 heavy (non-hydrogen) atoms. The van der Waals surface area contributed by atoms with Crippen LogP contribution in [0.4, 0.5) is 0 Å². The van der Waals surface area contributed by atoms with Gasteiger partial charge in [0.1, 0.15) is 6.29 Å². The first kappa shape index (κ1) is 8.68. The molecule has 0 unspecified atom stereocenters. The van der Waals surface area contributed by atoms with Gasteiger partial charge in [0, 0.05) is 25.6 Å². The van der Waals surface area contributed by atoms with Gasteiger partial charge >= 0.3 is 0 Å². The fourth-order valence-electron chi connectivity index (χ4n) is 1.26. The molecule has 0 aromatic carbocycles. The molecule has 0 saturated heterocycles. The normalized spacial score (nSPS) is 17.3. The van der Waals surface area contributed by atoms with Gasteiger partial charge in [-0.25, -0.2) is 0 Å². The molecule has 1 saturated carbocycles. The molecule has 1 aliphatic rings. The number of aldehydes is 1. The third-order valence-electron chi connectivity index (χ3n) is 1.98. The Labute approximate surface area is 67.0 Å². The van der Waals surface area contributed by atoms with Gasteiger partial charge in [0.05, 0.1) is 6.61 Å². The van der Waals surface area contributed by atoms with Crippen LogP contribution in [0, 0.1) is 0 Å². The van der Waals surface area contributed by atoms with Crippen LogP contribution in [0.1, 0.15) is 19.3 Å². The summed E-state index contributed by atoms with van der Waals surface area (Å²) in [4.78, 5) is 12.3. The number of nitrogens with zero attached hydrogens (tertiary/aromatic N) is 1. The Bertz CT molecular complexity index is 123. The van der Waals surface area contributed by atoms with Crippen molar-refractivity contribution >= 4 is 6.29 Å². The van der Waals surface area contributed by atoms with E-state index in [1.165, 1.54) is 12.8 Å². The zero-order valence-electron chi connectivity index (χ0n) is 6.70. The molecule has 0 aromatic heterocycles. The van der Waals surface area contributed by atoms with E-state index in [1.54, 1.807) is 0 Å². The van der Waals surface area contributed by atoms with E-state index >= 15 is 0 Å². The number of aliphatic hydroxyl groups is 1. The third kappa shape index (κ3) is 2.99. The van der Waals surface area contributed by atoms with Gasteiger partial charge in [0.2, 0.25) is 0 Å². The van der Waals surface area contributed by atoms with Crippen LogP contribution in [0.2, 0.25) is 0 Å². The Morgan fingerprint density at radius 1 is 1.45 bits per heavy atom. The molecule has 0 spiro atoms. The molecule has 0 heterocycles. The lowest BCUT2D eigenvalue weighted by Gasteiger charge is -2.18. The molecule has 3 nitrogen and oxygen atoms in total. The van der Waals surface area contributed by atoms with Crippen LogP contribution in [-0.2, 0) is 4.79 Å². The molecule has 0 atom stereocenters. The summed E-state index contributed by atoms with van der Waals surface area (Å²) in [5.74, 6) is 0. The molecule has 0 bridgehead atoms. The second-order valence-electron chi connectivity index (χ2n) is 2.95. The predicted molar refractivity (Wildman–Crippen MR) is 42.4 cm³/mol. The fraction of sp³-hybridized carbons (Fsp3) is 0.875. The van der Waals surface area contributed by atoms with Crippen molar-refractivity contribution in [2.45, 2.75) is 25.3 Å². The Morgan fingerprint density at radius 2 is 2.18 bits per heavy atom. The number of carbonyl (C=O) groups excluding carboxylic acids is 1. The first-order valence-electron chi connectivity index (χ1n) is 4.17. The second kappa shape index (κ2) is 4.46. The molecule has 1 rings (SSSR count). The topological polar surface area (TPSA) is 40.5 Å². The van der Waals surface area contributed by atoms with Crippen LogP contribution < -0.4 is 0 Å². The van der Waals surface area contributed by atoms with Crippen LogP contribution >= 0.6 is 0 Å². The quantitative estimate of drug-likeness (QED) is 0.553. The van der Waals surface area contributed by atoms with E-state index in [1.807, 2.05) is 0 Å². The summed E-state index contributed by atoms with van der Waals surface area (Å²) in [6, 6.07) is 0.655. The zero-order valence-corrected chi connectivity index (χ0v) is 6.70. The molecular weight excluding hydrogens is 142 g/mol. The number of rotatable bonds is 6. The smallest absolute Gasteiger partial charge is 0.121 e. The van der Waals surface area contributed by atoms with Crippen molar-refractivity contribution < 1.29 is 9.90 Å². The lowest BCUT2D eigenvalue weighted by atomic mass is 10.4. The van der Waals surface area contributed by atoms with Crippen molar-refractivity contribution in [3.63, 3.8) is 0 Å². The van der Waals surface area contributed by atoms with Crippen molar-refractivity contribution in [1.29, 1.82) is 0 Å². The summed E-state index contributed by atoms with van der Waals surface area (Å²) in [6.45, 7) is 1.74. The summed E-state index contributed by atoms with van der Waals surface area (Å²) in [6.07, 6.45) is 4.00. The maximum atomic E-state index is 10.1. The van der Waals surface area contributed by atoms with Gasteiger partial charge in [-0.05, 0) is 12.8 Å². The molecule has 0 aliphatic heterocycles. The van der Waals surface area contributed by atoms with E-state index in [2.05, 4.69) is 4.90 Å². The minimum atomic E-state index is 0.204. The van der Waals surface area contributed by atoms with E-state index in [0.717, 1.165) is 19.4 Å². The molecule has 0 amide bonds. The van der Waals surface area contributed by atoms with E-state index in [0.29, 0.717) is 12.5 Å². The highest BCUT2D eigenvalue weighted by Gasteiger charge is 2.27. The Kier molecular flexibility index (Phi) is 3.52. The molecule has 0 aromatic rings. The van der Waals surface area contributed by atoms with Crippen molar-refractivity contribution in [1.82, 2.24) is 4.90 Å². The molecule has 64 valence electrons. The van der Waals surface area contributed by atoms with Crippen LogP contribution in [0.5, 0.6) is 0 Å². The second-order valence-corrected chi connectivity index (χ2v) is 2.95. The number of hydrogen-bond acceptors (Lipinski definition) is 3. The van der Waals surface area contributed by atoms with Gasteiger partial charge in [-0.2, -0.15) is 0 Å². The summed E-state index contributed by atoms with van der Waals surface area (Å²) in [5.41, 5.74) is 0. The van der Waals surface area contributed by atoms with Crippen LogP contribution in [0.15, 0.2) is 0 Å². The Hall–Kier alpha value is -0.410. The van der Waals surface area contributed by atoms with Gasteiger partial charge in [0.15, 0.2) is 0 Å². The maximum absolute atomic E-state index is 10.1. The first-order chi connectivity index (χ1) is 5.38. The number of aliphatic hydroxyl groups excluding tert-OH is 1. The molecular formula is C8H15NO2. The molecule has 1 fully saturated rings. The van der Waals surface area contributed by atoms with Crippen molar-refractivity contribution in [3.8, 4) is 0 Å². The number of carbonyl (C=O) groups is 1. The van der Waals surface area contributed by atoms with E-state index in [9.17, 15) is 4.79 Å². The summed E-state index contributed by atoms with van der Waals surface area (Å²) in [5, 5.41) is 8.68. The van der Waals surface area contributed by atoms with Crippen molar-refractivity contribution in [3.05, 3.63) is 0 Å². The SMILES string of the molecule is O=CCCN(CCO)C1CC1. The highest BCUT2D eigenvalue weighted by Crippen LogP contribution is 2.26. The predicted octanol–water partition coefficient (Wildman–Crippen LogP) is 0.0321. The zero-order chi connectivity index (χ0) is 8.10. The molecule has 1 N–H and O–H groups in total. The molecule has 1 aliphatic carbocycles. The highest BCUT2D eigenvalue weighted by atomic mass is 16.3. The van der Waals surface area contributed by atoms with Crippen molar-refractivity contribution in [2.75, 3.05) is 19.7 Å². The van der Waals surface area contributed by atoms with Gasteiger partial charge in [-0.15, -0.1) is 0 Å². The lowest BCUT2D eigenvalue weighted by Crippen LogP contribution is -2.30. The standard InChI is InChI=1S/C8H15NO2/c10-6-1-4-9(5-7-11)8-2-3-8/h6,8,11H,1-5,7H2. The summed E-state index contributed by atoms with van der Waals surface area (Å²) < 4.78 is 0. The Balaban J connectivity index is 2.14. The van der Waals surface area contributed by atoms with E-state index in [-0.39, 0.29) is 6.61 Å². The average molecular weight is 157 g/mol. The summed E-state index contributed by atoms with van der Waals surface area (Å²) >= 11 is 0. The van der Waals surface area contributed by atoms with Crippen LogP contribution in [0.25, 0.3) is 0 Å². The van der Waals surface area contributed by atoms with Gasteiger partial charge in [-0.3, -0.25) is 4.90 Å². The van der Waals surface area contributed by atoms with E-state index < -0.39 is 0 Å². The number of hydrogen-bond donors (Lipinski definition) is 1.